The van der Waals surface area contributed by atoms with Crippen molar-refractivity contribution in [3.63, 3.8) is 0 Å². The zero-order valence-electron chi connectivity index (χ0n) is 20.0. The van der Waals surface area contributed by atoms with Crippen molar-refractivity contribution in [2.45, 2.75) is 32.6 Å². The third kappa shape index (κ3) is 7.56. The van der Waals surface area contributed by atoms with Crippen LogP contribution in [-0.4, -0.2) is 18.4 Å². The third-order valence-corrected chi connectivity index (χ3v) is 5.82. The molecule has 4 aromatic carbocycles. The standard InChI is InChI=1S/C31H31NO3/c1-24(31(33)28-14-18-30(19-15-28)35-23-27-10-6-3-7-11-27)32-21-20-25-12-16-29(17-13-25)34-22-26-8-4-2-5-9-26/h2-19,24,32H,20-23H2,1H3. The van der Waals surface area contributed by atoms with Crippen LogP contribution in [0.5, 0.6) is 11.5 Å². The van der Waals surface area contributed by atoms with Gasteiger partial charge in [-0.05, 0) is 73.0 Å². The minimum atomic E-state index is -0.264. The second-order valence-corrected chi connectivity index (χ2v) is 8.51. The molecule has 0 aliphatic heterocycles. The fourth-order valence-corrected chi connectivity index (χ4v) is 3.73. The van der Waals surface area contributed by atoms with Gasteiger partial charge < -0.3 is 14.8 Å². The van der Waals surface area contributed by atoms with Crippen LogP contribution in [0.2, 0.25) is 0 Å². The van der Waals surface area contributed by atoms with E-state index in [1.165, 1.54) is 5.56 Å². The van der Waals surface area contributed by atoms with E-state index in [1.54, 1.807) is 0 Å². The number of hydrogen-bond acceptors (Lipinski definition) is 4. The normalized spacial score (nSPS) is 11.6. The van der Waals surface area contributed by atoms with Gasteiger partial charge in [0.15, 0.2) is 5.78 Å². The Morgan fingerprint density at radius 2 is 1.14 bits per heavy atom. The molecule has 0 heterocycles. The summed E-state index contributed by atoms with van der Waals surface area (Å²) in [4.78, 5) is 12.8. The average molecular weight is 466 g/mol. The number of nitrogens with one attached hydrogen (secondary N) is 1. The summed E-state index contributed by atoms with van der Waals surface area (Å²) in [7, 11) is 0. The molecule has 1 unspecified atom stereocenters. The van der Waals surface area contributed by atoms with Crippen LogP contribution in [0.3, 0.4) is 0 Å². The van der Waals surface area contributed by atoms with E-state index in [0.717, 1.165) is 35.6 Å². The zero-order valence-corrected chi connectivity index (χ0v) is 20.0. The number of hydrogen-bond donors (Lipinski definition) is 1. The topological polar surface area (TPSA) is 47.6 Å². The molecule has 0 aromatic heterocycles. The fourth-order valence-electron chi connectivity index (χ4n) is 3.73. The summed E-state index contributed by atoms with van der Waals surface area (Å²) < 4.78 is 11.7. The number of ether oxygens (including phenoxy) is 2. The Bertz CT molecular complexity index is 1170. The Kier molecular flexibility index (Phi) is 8.68. The molecule has 0 spiro atoms. The maximum atomic E-state index is 12.8. The smallest absolute Gasteiger partial charge is 0.179 e. The van der Waals surface area contributed by atoms with Gasteiger partial charge >= 0.3 is 0 Å². The first-order chi connectivity index (χ1) is 17.2. The molecule has 0 aliphatic rings. The predicted molar refractivity (Wildman–Crippen MR) is 140 cm³/mol. The zero-order chi connectivity index (χ0) is 24.3. The molecule has 1 atom stereocenters. The Morgan fingerprint density at radius 3 is 1.66 bits per heavy atom. The van der Waals surface area contributed by atoms with Crippen LogP contribution in [0.15, 0.2) is 109 Å². The summed E-state index contributed by atoms with van der Waals surface area (Å²) in [6, 6.07) is 35.4. The van der Waals surface area contributed by atoms with Crippen LogP contribution in [0, 0.1) is 0 Å². The molecule has 4 nitrogen and oxygen atoms in total. The molecule has 0 saturated heterocycles. The van der Waals surface area contributed by atoms with E-state index < -0.39 is 0 Å². The van der Waals surface area contributed by atoms with Gasteiger partial charge in [-0.2, -0.15) is 0 Å². The highest BCUT2D eigenvalue weighted by Gasteiger charge is 2.14. The van der Waals surface area contributed by atoms with Crippen LogP contribution in [0.1, 0.15) is 34.0 Å². The molecule has 35 heavy (non-hydrogen) atoms. The number of Topliss-reactive ketones (excluding diaryl/α,β-unsaturated/α-hetero) is 1. The van der Waals surface area contributed by atoms with Crippen LogP contribution in [-0.2, 0) is 19.6 Å². The van der Waals surface area contributed by atoms with Crippen molar-refractivity contribution in [2.24, 2.45) is 0 Å². The lowest BCUT2D eigenvalue weighted by Gasteiger charge is -2.14. The molecule has 0 fully saturated rings. The van der Waals surface area contributed by atoms with E-state index in [0.29, 0.717) is 18.8 Å². The van der Waals surface area contributed by atoms with Gasteiger partial charge in [0.25, 0.3) is 0 Å². The Morgan fingerprint density at radius 1 is 0.657 bits per heavy atom. The van der Waals surface area contributed by atoms with E-state index in [4.69, 9.17) is 9.47 Å². The van der Waals surface area contributed by atoms with Crippen LogP contribution >= 0.6 is 0 Å². The maximum Gasteiger partial charge on any atom is 0.179 e. The van der Waals surface area contributed by atoms with Crippen LogP contribution < -0.4 is 14.8 Å². The van der Waals surface area contributed by atoms with Crippen molar-refractivity contribution in [1.82, 2.24) is 5.32 Å². The summed E-state index contributed by atoms with van der Waals surface area (Å²) >= 11 is 0. The van der Waals surface area contributed by atoms with Gasteiger partial charge in [0.1, 0.15) is 24.7 Å². The summed E-state index contributed by atoms with van der Waals surface area (Å²) in [6.45, 7) is 3.69. The number of carbonyl (C=O) groups is 1. The quantitative estimate of drug-likeness (QED) is 0.251. The fraction of sp³-hybridized carbons (Fsp3) is 0.194. The summed E-state index contributed by atoms with van der Waals surface area (Å²) in [5, 5.41) is 3.34. The minimum absolute atomic E-state index is 0.0734. The van der Waals surface area contributed by atoms with E-state index >= 15 is 0 Å². The highest BCUT2D eigenvalue weighted by Crippen LogP contribution is 2.16. The van der Waals surface area contributed by atoms with Crippen molar-refractivity contribution in [3.8, 4) is 11.5 Å². The molecular formula is C31H31NO3. The summed E-state index contributed by atoms with van der Waals surface area (Å²) in [5.74, 6) is 1.68. The van der Waals surface area contributed by atoms with Crippen LogP contribution in [0.25, 0.3) is 0 Å². The van der Waals surface area contributed by atoms with Gasteiger partial charge in [-0.25, -0.2) is 0 Å². The number of carbonyl (C=O) groups excluding carboxylic acids is 1. The minimum Gasteiger partial charge on any atom is -0.489 e. The van der Waals surface area contributed by atoms with Gasteiger partial charge in [-0.15, -0.1) is 0 Å². The first-order valence-electron chi connectivity index (χ1n) is 12.0. The van der Waals surface area contributed by atoms with Crippen molar-refractivity contribution in [3.05, 3.63) is 131 Å². The molecule has 0 radical (unpaired) electrons. The summed E-state index contributed by atoms with van der Waals surface area (Å²) in [5.41, 5.74) is 4.13. The number of rotatable bonds is 12. The first kappa shape index (κ1) is 24.2. The number of benzene rings is 4. The van der Waals surface area contributed by atoms with Gasteiger partial charge in [-0.1, -0.05) is 72.8 Å². The summed E-state index contributed by atoms with van der Waals surface area (Å²) in [6.07, 6.45) is 0.836. The van der Waals surface area contributed by atoms with E-state index in [1.807, 2.05) is 91.9 Å². The van der Waals surface area contributed by atoms with E-state index in [9.17, 15) is 4.79 Å². The molecule has 1 N–H and O–H groups in total. The monoisotopic (exact) mass is 465 g/mol. The molecule has 4 aromatic rings. The molecule has 4 rings (SSSR count). The molecule has 178 valence electrons. The Labute approximate surface area is 207 Å². The van der Waals surface area contributed by atoms with Crippen molar-refractivity contribution in [2.75, 3.05) is 6.54 Å². The molecular weight excluding hydrogens is 434 g/mol. The molecule has 0 saturated carbocycles. The SMILES string of the molecule is CC(NCCc1ccc(OCc2ccccc2)cc1)C(=O)c1ccc(OCc2ccccc2)cc1. The maximum absolute atomic E-state index is 12.8. The molecule has 0 bridgehead atoms. The lowest BCUT2D eigenvalue weighted by molar-refractivity contribution is 0.0951. The lowest BCUT2D eigenvalue weighted by Crippen LogP contribution is -2.35. The average Bonchev–Trinajstić information content (AvgIpc) is 2.92. The van der Waals surface area contributed by atoms with E-state index in [2.05, 4.69) is 29.6 Å². The van der Waals surface area contributed by atoms with Gasteiger partial charge in [0, 0.05) is 5.56 Å². The predicted octanol–water partition coefficient (Wildman–Crippen LogP) is 6.25. The molecule has 4 heteroatoms. The van der Waals surface area contributed by atoms with Crippen molar-refractivity contribution < 1.29 is 14.3 Å². The molecule has 0 aliphatic carbocycles. The second kappa shape index (κ2) is 12.5. The molecule has 0 amide bonds. The number of ketones is 1. The second-order valence-electron chi connectivity index (χ2n) is 8.51. The van der Waals surface area contributed by atoms with E-state index in [-0.39, 0.29) is 11.8 Å². The highest BCUT2D eigenvalue weighted by atomic mass is 16.5. The largest absolute Gasteiger partial charge is 0.489 e. The lowest BCUT2D eigenvalue weighted by atomic mass is 10.0. The van der Waals surface area contributed by atoms with Gasteiger partial charge in [-0.3, -0.25) is 4.79 Å². The Hall–Kier alpha value is -3.89. The van der Waals surface area contributed by atoms with Gasteiger partial charge in [0.05, 0.1) is 6.04 Å². The van der Waals surface area contributed by atoms with Crippen molar-refractivity contribution in [1.29, 1.82) is 0 Å². The Balaban J connectivity index is 1.19. The first-order valence-corrected chi connectivity index (χ1v) is 12.0. The third-order valence-electron chi connectivity index (χ3n) is 5.82. The highest BCUT2D eigenvalue weighted by molar-refractivity contribution is 5.99. The van der Waals surface area contributed by atoms with Crippen LogP contribution in [0.4, 0.5) is 0 Å². The van der Waals surface area contributed by atoms with Gasteiger partial charge in [0.2, 0.25) is 0 Å². The van der Waals surface area contributed by atoms with Crippen molar-refractivity contribution >= 4 is 5.78 Å².